The van der Waals surface area contributed by atoms with Gasteiger partial charge in [-0.2, -0.15) is 0 Å². The number of nitrogens with two attached hydrogens (primary N) is 1. The van der Waals surface area contributed by atoms with E-state index in [0.717, 1.165) is 12.8 Å². The number of rotatable bonds is 3. The molecule has 0 radical (unpaired) electrons. The molecule has 1 heterocycles. The SMILES string of the molecule is CN1NC(C2CC(c3ccccc3)C2)C(C(=O)Cl)=C1N. The molecule has 3 rings (SSSR count). The summed E-state index contributed by atoms with van der Waals surface area (Å²) in [5, 5.41) is 1.24. The molecule has 1 aromatic carbocycles. The van der Waals surface area contributed by atoms with Gasteiger partial charge in [-0.15, -0.1) is 0 Å². The van der Waals surface area contributed by atoms with Crippen molar-refractivity contribution in [1.29, 1.82) is 0 Å². The Morgan fingerprint density at radius 2 is 2.00 bits per heavy atom. The molecule has 0 amide bonds. The smallest absolute Gasteiger partial charge is 0.253 e. The lowest BCUT2D eigenvalue weighted by molar-refractivity contribution is -0.109. The first-order valence-electron chi connectivity index (χ1n) is 6.82. The fraction of sp³-hybridized carbons (Fsp3) is 0.400. The number of halogens is 1. The van der Waals surface area contributed by atoms with E-state index in [2.05, 4.69) is 29.7 Å². The fourth-order valence-electron chi connectivity index (χ4n) is 3.18. The first-order valence-corrected chi connectivity index (χ1v) is 7.20. The van der Waals surface area contributed by atoms with Gasteiger partial charge in [0.1, 0.15) is 5.82 Å². The third kappa shape index (κ3) is 2.19. The van der Waals surface area contributed by atoms with Crippen molar-refractivity contribution in [2.75, 3.05) is 7.05 Å². The van der Waals surface area contributed by atoms with Gasteiger partial charge < -0.3 is 5.73 Å². The normalized spacial score (nSPS) is 29.5. The third-order valence-electron chi connectivity index (χ3n) is 4.41. The van der Waals surface area contributed by atoms with Crippen LogP contribution >= 0.6 is 11.6 Å². The average Bonchev–Trinajstić information content (AvgIpc) is 2.65. The first kappa shape index (κ1) is 13.5. The third-order valence-corrected chi connectivity index (χ3v) is 4.61. The van der Waals surface area contributed by atoms with Crippen LogP contribution in [0, 0.1) is 5.92 Å². The van der Waals surface area contributed by atoms with Gasteiger partial charge >= 0.3 is 0 Å². The van der Waals surface area contributed by atoms with Crippen molar-refractivity contribution in [3.8, 4) is 0 Å². The Balaban J connectivity index is 1.70. The zero-order valence-corrected chi connectivity index (χ0v) is 12.1. The molecule has 5 heteroatoms. The molecule has 1 aliphatic heterocycles. The number of carbonyl (C=O) groups excluding carboxylic acids is 1. The zero-order chi connectivity index (χ0) is 14.3. The van der Waals surface area contributed by atoms with Gasteiger partial charge in [-0.05, 0) is 41.8 Å². The fourth-order valence-corrected chi connectivity index (χ4v) is 3.39. The molecular formula is C15H18ClN3O. The van der Waals surface area contributed by atoms with Crippen molar-refractivity contribution in [3.63, 3.8) is 0 Å². The zero-order valence-electron chi connectivity index (χ0n) is 11.3. The highest BCUT2D eigenvalue weighted by molar-refractivity contribution is 6.67. The summed E-state index contributed by atoms with van der Waals surface area (Å²) in [6, 6.07) is 10.4. The lowest BCUT2D eigenvalue weighted by Crippen LogP contribution is -2.44. The van der Waals surface area contributed by atoms with Crippen LogP contribution in [0.1, 0.15) is 24.3 Å². The van der Waals surface area contributed by atoms with Gasteiger partial charge in [0.2, 0.25) is 0 Å². The molecule has 2 aliphatic rings. The van der Waals surface area contributed by atoms with Gasteiger partial charge in [-0.1, -0.05) is 30.3 Å². The number of nitrogens with zero attached hydrogens (tertiary/aromatic N) is 1. The van der Waals surface area contributed by atoms with E-state index in [1.54, 1.807) is 5.01 Å². The number of benzene rings is 1. The second kappa shape index (κ2) is 5.11. The van der Waals surface area contributed by atoms with Crippen molar-refractivity contribution in [2.45, 2.75) is 24.8 Å². The molecule has 0 saturated heterocycles. The quantitative estimate of drug-likeness (QED) is 0.836. The Bertz CT molecular complexity index is 551. The molecular weight excluding hydrogens is 274 g/mol. The van der Waals surface area contributed by atoms with Crippen molar-refractivity contribution in [1.82, 2.24) is 10.4 Å². The topological polar surface area (TPSA) is 58.4 Å². The minimum atomic E-state index is -0.451. The number of hydrazine groups is 1. The van der Waals surface area contributed by atoms with Gasteiger partial charge in [0.15, 0.2) is 0 Å². The predicted octanol–water partition coefficient (Wildman–Crippen LogP) is 1.93. The highest BCUT2D eigenvalue weighted by atomic mass is 35.5. The second-order valence-corrected chi connectivity index (χ2v) is 5.92. The highest BCUT2D eigenvalue weighted by Crippen LogP contribution is 2.46. The number of hydrogen-bond donors (Lipinski definition) is 2. The maximum Gasteiger partial charge on any atom is 0.253 e. The van der Waals surface area contributed by atoms with Crippen molar-refractivity contribution in [2.24, 2.45) is 11.7 Å². The Hall–Kier alpha value is -1.52. The van der Waals surface area contributed by atoms with Crippen LogP contribution < -0.4 is 11.2 Å². The molecule has 1 saturated carbocycles. The van der Waals surface area contributed by atoms with Crippen molar-refractivity contribution in [3.05, 3.63) is 47.3 Å². The van der Waals surface area contributed by atoms with Crippen LogP contribution in [0.4, 0.5) is 0 Å². The Morgan fingerprint density at radius 3 is 2.60 bits per heavy atom. The molecule has 1 atom stereocenters. The van der Waals surface area contributed by atoms with E-state index in [1.807, 2.05) is 13.1 Å². The Morgan fingerprint density at radius 1 is 1.35 bits per heavy atom. The van der Waals surface area contributed by atoms with Gasteiger partial charge in [0.05, 0.1) is 11.6 Å². The lowest BCUT2D eigenvalue weighted by atomic mass is 9.67. The average molecular weight is 292 g/mol. The van der Waals surface area contributed by atoms with E-state index in [1.165, 1.54) is 5.56 Å². The number of hydrogen-bond acceptors (Lipinski definition) is 4. The van der Waals surface area contributed by atoms with Crippen LogP contribution in [-0.2, 0) is 4.79 Å². The first-order chi connectivity index (χ1) is 9.58. The molecule has 0 bridgehead atoms. The predicted molar refractivity (Wildman–Crippen MR) is 78.7 cm³/mol. The maximum absolute atomic E-state index is 11.6. The molecule has 1 unspecified atom stereocenters. The largest absolute Gasteiger partial charge is 0.384 e. The highest BCUT2D eigenvalue weighted by Gasteiger charge is 2.43. The van der Waals surface area contributed by atoms with Crippen LogP contribution in [0.2, 0.25) is 0 Å². The van der Waals surface area contributed by atoms with Crippen LogP contribution in [0.3, 0.4) is 0 Å². The summed E-state index contributed by atoms with van der Waals surface area (Å²) in [6.45, 7) is 0. The molecule has 0 aromatic heterocycles. The lowest BCUT2D eigenvalue weighted by Gasteiger charge is -2.40. The van der Waals surface area contributed by atoms with Gasteiger partial charge in [-0.3, -0.25) is 9.80 Å². The van der Waals surface area contributed by atoms with Crippen molar-refractivity contribution < 1.29 is 4.79 Å². The summed E-state index contributed by atoms with van der Waals surface area (Å²) >= 11 is 5.67. The number of carbonyl (C=O) groups is 1. The molecule has 4 nitrogen and oxygen atoms in total. The van der Waals surface area contributed by atoms with Gasteiger partial charge in [0.25, 0.3) is 5.24 Å². The van der Waals surface area contributed by atoms with Crippen LogP contribution in [0.15, 0.2) is 41.7 Å². The van der Waals surface area contributed by atoms with E-state index in [-0.39, 0.29) is 6.04 Å². The summed E-state index contributed by atoms with van der Waals surface area (Å²) in [5.41, 5.74) is 11.0. The minimum Gasteiger partial charge on any atom is -0.384 e. The molecule has 3 N–H and O–H groups in total. The van der Waals surface area contributed by atoms with Crippen LogP contribution in [-0.4, -0.2) is 23.3 Å². The number of nitrogens with one attached hydrogen (secondary N) is 1. The maximum atomic E-state index is 11.6. The monoisotopic (exact) mass is 291 g/mol. The molecule has 1 aliphatic carbocycles. The summed E-state index contributed by atoms with van der Waals surface area (Å²) < 4.78 is 0. The Kier molecular flexibility index (Phi) is 3.44. The molecule has 1 fully saturated rings. The summed E-state index contributed by atoms with van der Waals surface area (Å²) in [7, 11) is 1.81. The molecule has 1 aromatic rings. The van der Waals surface area contributed by atoms with Crippen molar-refractivity contribution >= 4 is 16.8 Å². The van der Waals surface area contributed by atoms with Gasteiger partial charge in [0, 0.05) is 7.05 Å². The van der Waals surface area contributed by atoms with Gasteiger partial charge in [-0.25, -0.2) is 5.43 Å². The molecule has 106 valence electrons. The Labute approximate surface area is 123 Å². The van der Waals surface area contributed by atoms with E-state index in [9.17, 15) is 4.79 Å². The molecule has 0 spiro atoms. The molecule has 20 heavy (non-hydrogen) atoms. The van der Waals surface area contributed by atoms with E-state index in [0.29, 0.717) is 23.2 Å². The van der Waals surface area contributed by atoms with Crippen LogP contribution in [0.25, 0.3) is 0 Å². The summed E-state index contributed by atoms with van der Waals surface area (Å²) in [6.07, 6.45) is 2.10. The standard InChI is InChI=1S/C15H18ClN3O/c1-19-15(17)12(14(16)20)13(18-19)11-7-10(8-11)9-5-3-2-4-6-9/h2-6,10-11,13,18H,7-8,17H2,1H3. The summed E-state index contributed by atoms with van der Waals surface area (Å²) in [5.74, 6) is 1.42. The van der Waals surface area contributed by atoms with E-state index >= 15 is 0 Å². The van der Waals surface area contributed by atoms with E-state index < -0.39 is 5.24 Å². The van der Waals surface area contributed by atoms with E-state index in [4.69, 9.17) is 17.3 Å². The summed E-state index contributed by atoms with van der Waals surface area (Å²) in [4.78, 5) is 11.6. The minimum absolute atomic E-state index is 0.0510. The van der Waals surface area contributed by atoms with Crippen LogP contribution in [0.5, 0.6) is 0 Å². The second-order valence-electron chi connectivity index (χ2n) is 5.58.